The summed E-state index contributed by atoms with van der Waals surface area (Å²) in [6.07, 6.45) is 6.67. The molecule has 21 heavy (non-hydrogen) atoms. The fraction of sp³-hybridized carbons (Fsp3) is 0.400. The molecule has 1 nitrogen and oxygen atoms in total. The van der Waals surface area contributed by atoms with Crippen LogP contribution in [-0.2, 0) is 0 Å². The van der Waals surface area contributed by atoms with Gasteiger partial charge in [0.25, 0.3) is 0 Å². The quantitative estimate of drug-likeness (QED) is 0.488. The highest BCUT2D eigenvalue weighted by Crippen LogP contribution is 2.26. The molecule has 0 spiro atoms. The summed E-state index contributed by atoms with van der Waals surface area (Å²) < 4.78 is 0. The Morgan fingerprint density at radius 1 is 0.810 bits per heavy atom. The van der Waals surface area contributed by atoms with Gasteiger partial charge < -0.3 is 5.73 Å². The number of rotatable bonds is 7. The Hall–Kier alpha value is -1.76. The van der Waals surface area contributed by atoms with Gasteiger partial charge >= 0.3 is 0 Å². The van der Waals surface area contributed by atoms with Crippen LogP contribution in [0.25, 0.3) is 11.1 Å². The Morgan fingerprint density at radius 2 is 1.38 bits per heavy atom. The second-order valence-electron chi connectivity index (χ2n) is 5.99. The van der Waals surface area contributed by atoms with Crippen molar-refractivity contribution in [3.05, 3.63) is 54.1 Å². The molecule has 2 aromatic rings. The standard InChI is InChI=1S/C20H27N/c1-3-4-5-6-7-16(2)17-8-10-18(11-9-17)19-12-14-20(21)15-13-19/h8-16H,3-7,21H2,1-2H3. The predicted molar refractivity (Wildman–Crippen MR) is 93.5 cm³/mol. The van der Waals surface area contributed by atoms with Crippen molar-refractivity contribution in [2.45, 2.75) is 51.9 Å². The van der Waals surface area contributed by atoms with Gasteiger partial charge in [-0.3, -0.25) is 0 Å². The third-order valence-corrected chi connectivity index (χ3v) is 4.21. The van der Waals surface area contributed by atoms with Crippen molar-refractivity contribution in [3.8, 4) is 11.1 Å². The van der Waals surface area contributed by atoms with E-state index in [1.54, 1.807) is 0 Å². The molecular formula is C20H27N. The molecular weight excluding hydrogens is 254 g/mol. The first-order valence-electron chi connectivity index (χ1n) is 8.16. The Labute approximate surface area is 129 Å². The van der Waals surface area contributed by atoms with E-state index in [0.717, 1.165) is 5.69 Å². The van der Waals surface area contributed by atoms with E-state index in [1.807, 2.05) is 12.1 Å². The first-order chi connectivity index (χ1) is 10.2. The van der Waals surface area contributed by atoms with Crippen LogP contribution in [0.15, 0.2) is 48.5 Å². The van der Waals surface area contributed by atoms with Gasteiger partial charge in [-0.25, -0.2) is 0 Å². The van der Waals surface area contributed by atoms with E-state index < -0.39 is 0 Å². The molecule has 0 aliphatic rings. The highest BCUT2D eigenvalue weighted by molar-refractivity contribution is 5.65. The van der Waals surface area contributed by atoms with Crippen molar-refractivity contribution in [2.75, 3.05) is 5.73 Å². The highest BCUT2D eigenvalue weighted by Gasteiger charge is 2.06. The molecule has 0 saturated carbocycles. The number of unbranched alkanes of at least 4 members (excludes halogenated alkanes) is 3. The molecule has 0 aliphatic heterocycles. The average Bonchev–Trinajstić information content (AvgIpc) is 2.52. The normalized spacial score (nSPS) is 12.3. The molecule has 1 heteroatoms. The van der Waals surface area contributed by atoms with Crippen LogP contribution in [0.5, 0.6) is 0 Å². The van der Waals surface area contributed by atoms with Crippen LogP contribution in [0, 0.1) is 0 Å². The Morgan fingerprint density at radius 3 is 1.95 bits per heavy atom. The summed E-state index contributed by atoms with van der Waals surface area (Å²) >= 11 is 0. The van der Waals surface area contributed by atoms with Gasteiger partial charge in [-0.2, -0.15) is 0 Å². The Balaban J connectivity index is 1.96. The average molecular weight is 281 g/mol. The minimum Gasteiger partial charge on any atom is -0.399 e. The van der Waals surface area contributed by atoms with Crippen molar-refractivity contribution in [1.29, 1.82) is 0 Å². The molecule has 0 fully saturated rings. The Bertz CT molecular complexity index is 525. The van der Waals surface area contributed by atoms with Gasteiger partial charge in [0.2, 0.25) is 0 Å². The third-order valence-electron chi connectivity index (χ3n) is 4.21. The van der Waals surface area contributed by atoms with E-state index in [-0.39, 0.29) is 0 Å². The lowest BCUT2D eigenvalue weighted by molar-refractivity contribution is 0.580. The van der Waals surface area contributed by atoms with Gasteiger partial charge in [0.15, 0.2) is 0 Å². The maximum absolute atomic E-state index is 5.74. The van der Waals surface area contributed by atoms with Crippen molar-refractivity contribution >= 4 is 5.69 Å². The van der Waals surface area contributed by atoms with E-state index >= 15 is 0 Å². The van der Waals surface area contributed by atoms with E-state index in [1.165, 1.54) is 48.8 Å². The minimum atomic E-state index is 0.655. The number of anilines is 1. The van der Waals surface area contributed by atoms with Crippen LogP contribution < -0.4 is 5.73 Å². The third kappa shape index (κ3) is 4.63. The number of benzene rings is 2. The molecule has 1 unspecified atom stereocenters. The number of nitrogens with two attached hydrogens (primary N) is 1. The predicted octanol–water partition coefficient (Wildman–Crippen LogP) is 6.01. The van der Waals surface area contributed by atoms with Crippen LogP contribution >= 0.6 is 0 Å². The second kappa shape index (κ2) is 7.87. The zero-order valence-electron chi connectivity index (χ0n) is 13.3. The molecule has 0 bridgehead atoms. The van der Waals surface area contributed by atoms with Gasteiger partial charge in [-0.1, -0.05) is 75.9 Å². The molecule has 2 N–H and O–H groups in total. The molecule has 0 aromatic heterocycles. The molecule has 0 saturated heterocycles. The SMILES string of the molecule is CCCCCCC(C)c1ccc(-c2ccc(N)cc2)cc1. The lowest BCUT2D eigenvalue weighted by Gasteiger charge is -2.12. The lowest BCUT2D eigenvalue weighted by atomic mass is 9.93. The second-order valence-corrected chi connectivity index (χ2v) is 5.99. The van der Waals surface area contributed by atoms with Gasteiger partial charge in [0.1, 0.15) is 0 Å². The van der Waals surface area contributed by atoms with E-state index in [9.17, 15) is 0 Å². The van der Waals surface area contributed by atoms with Crippen molar-refractivity contribution in [3.63, 3.8) is 0 Å². The maximum Gasteiger partial charge on any atom is 0.0314 e. The summed E-state index contributed by atoms with van der Waals surface area (Å²) in [6, 6.07) is 17.1. The Kier molecular flexibility index (Phi) is 5.86. The van der Waals surface area contributed by atoms with Crippen LogP contribution in [0.1, 0.15) is 57.4 Å². The fourth-order valence-electron chi connectivity index (χ4n) is 2.72. The summed E-state index contributed by atoms with van der Waals surface area (Å²) in [6.45, 7) is 4.60. The zero-order valence-corrected chi connectivity index (χ0v) is 13.3. The van der Waals surface area contributed by atoms with Crippen LogP contribution in [-0.4, -0.2) is 0 Å². The maximum atomic E-state index is 5.74. The fourth-order valence-corrected chi connectivity index (χ4v) is 2.72. The zero-order chi connectivity index (χ0) is 15.1. The summed E-state index contributed by atoms with van der Waals surface area (Å²) in [5.41, 5.74) is 10.5. The van der Waals surface area contributed by atoms with E-state index in [4.69, 9.17) is 5.73 Å². The number of nitrogen functional groups attached to an aromatic ring is 1. The largest absolute Gasteiger partial charge is 0.399 e. The summed E-state index contributed by atoms with van der Waals surface area (Å²) in [7, 11) is 0. The first-order valence-corrected chi connectivity index (χ1v) is 8.16. The molecule has 2 aromatic carbocycles. The molecule has 0 radical (unpaired) electrons. The molecule has 0 aliphatic carbocycles. The summed E-state index contributed by atoms with van der Waals surface area (Å²) in [5, 5.41) is 0. The molecule has 112 valence electrons. The summed E-state index contributed by atoms with van der Waals surface area (Å²) in [4.78, 5) is 0. The molecule has 0 heterocycles. The summed E-state index contributed by atoms with van der Waals surface area (Å²) in [5.74, 6) is 0.655. The monoisotopic (exact) mass is 281 g/mol. The van der Waals surface area contributed by atoms with Gasteiger partial charge in [0.05, 0.1) is 0 Å². The van der Waals surface area contributed by atoms with E-state index in [0.29, 0.717) is 5.92 Å². The van der Waals surface area contributed by atoms with Crippen molar-refractivity contribution in [1.82, 2.24) is 0 Å². The van der Waals surface area contributed by atoms with Crippen molar-refractivity contribution in [2.24, 2.45) is 0 Å². The highest BCUT2D eigenvalue weighted by atomic mass is 14.5. The topological polar surface area (TPSA) is 26.0 Å². The molecule has 1 atom stereocenters. The van der Waals surface area contributed by atoms with Gasteiger partial charge in [-0.15, -0.1) is 0 Å². The number of hydrogen-bond donors (Lipinski definition) is 1. The van der Waals surface area contributed by atoms with Crippen LogP contribution in [0.2, 0.25) is 0 Å². The smallest absolute Gasteiger partial charge is 0.0314 e. The molecule has 0 amide bonds. The van der Waals surface area contributed by atoms with Crippen LogP contribution in [0.3, 0.4) is 0 Å². The first kappa shape index (κ1) is 15.6. The molecule has 2 rings (SSSR count). The van der Waals surface area contributed by atoms with Crippen molar-refractivity contribution < 1.29 is 0 Å². The van der Waals surface area contributed by atoms with Crippen LogP contribution in [0.4, 0.5) is 5.69 Å². The van der Waals surface area contributed by atoms with E-state index in [2.05, 4.69) is 50.2 Å². The van der Waals surface area contributed by atoms with Gasteiger partial charge in [0, 0.05) is 5.69 Å². The lowest BCUT2D eigenvalue weighted by Crippen LogP contribution is -1.94. The minimum absolute atomic E-state index is 0.655. The van der Waals surface area contributed by atoms with Gasteiger partial charge in [-0.05, 0) is 41.2 Å². The number of hydrogen-bond acceptors (Lipinski definition) is 1.